The lowest BCUT2D eigenvalue weighted by atomic mass is 9.90. The molecule has 2 heterocycles. The summed E-state index contributed by atoms with van der Waals surface area (Å²) in [5.74, 6) is -0.201. The first kappa shape index (κ1) is 21.9. The summed E-state index contributed by atoms with van der Waals surface area (Å²) in [6.07, 6.45) is 5.49. The van der Waals surface area contributed by atoms with Crippen LogP contribution in [0.2, 0.25) is 0 Å². The van der Waals surface area contributed by atoms with E-state index in [1.807, 2.05) is 6.92 Å². The van der Waals surface area contributed by atoms with E-state index in [9.17, 15) is 14.9 Å². The average Bonchev–Trinajstić information content (AvgIpc) is 3.24. The van der Waals surface area contributed by atoms with Crippen molar-refractivity contribution in [2.45, 2.75) is 13.3 Å². The fourth-order valence-corrected chi connectivity index (χ4v) is 2.97. The Morgan fingerprint density at radius 1 is 1.42 bits per heavy atom. The van der Waals surface area contributed by atoms with E-state index < -0.39 is 4.92 Å². The summed E-state index contributed by atoms with van der Waals surface area (Å²) in [4.78, 5) is 29.2. The van der Waals surface area contributed by atoms with Crippen molar-refractivity contribution in [2.24, 2.45) is 11.1 Å². The molecule has 8 nitrogen and oxygen atoms in total. The van der Waals surface area contributed by atoms with Gasteiger partial charge in [-0.15, -0.1) is 24.8 Å². The van der Waals surface area contributed by atoms with Crippen molar-refractivity contribution in [3.05, 3.63) is 52.6 Å². The molecule has 142 valence electrons. The fourth-order valence-electron chi connectivity index (χ4n) is 2.97. The van der Waals surface area contributed by atoms with Gasteiger partial charge in [-0.1, -0.05) is 6.92 Å². The molecule has 0 spiro atoms. The Hall–Kier alpha value is -2.16. The summed E-state index contributed by atoms with van der Waals surface area (Å²) >= 11 is 0. The molecule has 1 aliphatic heterocycles. The largest absolute Gasteiger partial charge is 0.338 e. The van der Waals surface area contributed by atoms with Gasteiger partial charge in [0.15, 0.2) is 0 Å². The maximum atomic E-state index is 12.7. The first-order chi connectivity index (χ1) is 11.4. The van der Waals surface area contributed by atoms with Gasteiger partial charge in [-0.3, -0.25) is 14.9 Å². The van der Waals surface area contributed by atoms with E-state index in [4.69, 9.17) is 5.73 Å². The minimum absolute atomic E-state index is 0. The number of rotatable bonds is 4. The van der Waals surface area contributed by atoms with Gasteiger partial charge in [0.2, 0.25) is 0 Å². The first-order valence-corrected chi connectivity index (χ1v) is 7.70. The molecule has 10 heteroatoms. The van der Waals surface area contributed by atoms with Crippen molar-refractivity contribution < 1.29 is 9.72 Å². The highest BCUT2D eigenvalue weighted by Crippen LogP contribution is 2.31. The Kier molecular flexibility index (Phi) is 7.14. The molecule has 0 aliphatic carbocycles. The summed E-state index contributed by atoms with van der Waals surface area (Å²) in [5.41, 5.74) is 6.25. The van der Waals surface area contributed by atoms with Gasteiger partial charge < -0.3 is 15.2 Å². The zero-order valence-corrected chi connectivity index (χ0v) is 15.8. The molecule has 0 saturated carbocycles. The molecule has 3 rings (SSSR count). The average molecular weight is 402 g/mol. The van der Waals surface area contributed by atoms with Crippen LogP contribution in [0.5, 0.6) is 0 Å². The lowest BCUT2D eigenvalue weighted by molar-refractivity contribution is -0.384. The molecule has 1 aromatic carbocycles. The third-order valence-corrected chi connectivity index (χ3v) is 4.54. The monoisotopic (exact) mass is 401 g/mol. The number of nitro groups is 1. The maximum absolute atomic E-state index is 12.7. The number of hydrogen-bond acceptors (Lipinski definition) is 5. The van der Waals surface area contributed by atoms with Crippen LogP contribution in [-0.2, 0) is 0 Å². The zero-order chi connectivity index (χ0) is 17.3. The van der Waals surface area contributed by atoms with Gasteiger partial charge in [0, 0.05) is 37.1 Å². The number of nitrogens with two attached hydrogens (primary N) is 1. The van der Waals surface area contributed by atoms with E-state index in [1.165, 1.54) is 12.4 Å². The number of imidazole rings is 1. The summed E-state index contributed by atoms with van der Waals surface area (Å²) in [6.45, 7) is 3.74. The van der Waals surface area contributed by atoms with E-state index in [0.29, 0.717) is 30.9 Å². The smallest absolute Gasteiger partial charge is 0.294 e. The number of halogens is 2. The molecule has 1 amide bonds. The number of aromatic nitrogens is 2. The van der Waals surface area contributed by atoms with E-state index in [-0.39, 0.29) is 41.8 Å². The lowest BCUT2D eigenvalue weighted by Gasteiger charge is -2.22. The van der Waals surface area contributed by atoms with Crippen LogP contribution in [0.4, 0.5) is 5.69 Å². The van der Waals surface area contributed by atoms with Crippen molar-refractivity contribution >= 4 is 36.4 Å². The van der Waals surface area contributed by atoms with Crippen LogP contribution in [0.25, 0.3) is 5.69 Å². The predicted molar refractivity (Wildman–Crippen MR) is 102 cm³/mol. The second kappa shape index (κ2) is 8.48. The van der Waals surface area contributed by atoms with Crippen molar-refractivity contribution in [2.75, 3.05) is 19.6 Å². The van der Waals surface area contributed by atoms with Crippen molar-refractivity contribution in [1.29, 1.82) is 0 Å². The normalized spacial score (nSPS) is 18.8. The van der Waals surface area contributed by atoms with Gasteiger partial charge >= 0.3 is 0 Å². The van der Waals surface area contributed by atoms with E-state index in [0.717, 1.165) is 6.42 Å². The van der Waals surface area contributed by atoms with Crippen LogP contribution >= 0.6 is 24.8 Å². The second-order valence-corrected chi connectivity index (χ2v) is 6.42. The van der Waals surface area contributed by atoms with Crippen LogP contribution in [0.15, 0.2) is 36.9 Å². The molecule has 2 aromatic rings. The number of amides is 1. The Morgan fingerprint density at radius 2 is 2.15 bits per heavy atom. The Bertz CT molecular complexity index is 784. The molecule has 0 bridgehead atoms. The minimum Gasteiger partial charge on any atom is -0.338 e. The lowest BCUT2D eigenvalue weighted by Crippen LogP contribution is -2.34. The topological polar surface area (TPSA) is 107 Å². The van der Waals surface area contributed by atoms with Gasteiger partial charge in [-0.25, -0.2) is 4.98 Å². The molecule has 1 atom stereocenters. The number of likely N-dealkylation sites (tertiary alicyclic amines) is 1. The molecule has 1 saturated heterocycles. The number of nitrogens with zero attached hydrogens (tertiary/aromatic N) is 4. The van der Waals surface area contributed by atoms with Crippen molar-refractivity contribution in [1.82, 2.24) is 14.5 Å². The summed E-state index contributed by atoms with van der Waals surface area (Å²) in [5, 5.41) is 11.4. The highest BCUT2D eigenvalue weighted by molar-refractivity contribution is 5.95. The van der Waals surface area contributed by atoms with Crippen LogP contribution in [0, 0.1) is 15.5 Å². The number of carbonyl (C=O) groups is 1. The van der Waals surface area contributed by atoms with Crippen LogP contribution in [-0.4, -0.2) is 44.9 Å². The van der Waals surface area contributed by atoms with Gasteiger partial charge in [-0.2, -0.15) is 0 Å². The third-order valence-electron chi connectivity index (χ3n) is 4.54. The van der Waals surface area contributed by atoms with Crippen LogP contribution in [0.1, 0.15) is 23.7 Å². The van der Waals surface area contributed by atoms with E-state index in [2.05, 4.69) is 4.98 Å². The maximum Gasteiger partial charge on any atom is 0.294 e. The fraction of sp³-hybridized carbons (Fsp3) is 0.375. The summed E-state index contributed by atoms with van der Waals surface area (Å²) < 4.78 is 1.55. The molecular weight excluding hydrogens is 381 g/mol. The van der Waals surface area contributed by atoms with Gasteiger partial charge in [0.25, 0.3) is 11.6 Å². The second-order valence-electron chi connectivity index (χ2n) is 6.42. The van der Waals surface area contributed by atoms with Gasteiger partial charge in [0.05, 0.1) is 11.3 Å². The third kappa shape index (κ3) is 4.14. The summed E-state index contributed by atoms with van der Waals surface area (Å²) in [7, 11) is 0. The molecule has 26 heavy (non-hydrogen) atoms. The molecule has 1 unspecified atom stereocenters. The molecule has 1 fully saturated rings. The SMILES string of the molecule is CC1(CN)CCN(C(=O)c2ccc(-n3ccnc3)c([N+](=O)[O-])c2)C1.Cl.Cl. The Balaban J connectivity index is 0.00000169. The molecule has 2 N–H and O–H groups in total. The Labute approximate surface area is 163 Å². The van der Waals surface area contributed by atoms with Crippen LogP contribution < -0.4 is 5.73 Å². The quantitative estimate of drug-likeness (QED) is 0.624. The molecular formula is C16H21Cl2N5O3. The number of carbonyl (C=O) groups excluding carboxylic acids is 1. The van der Waals surface area contributed by atoms with E-state index >= 15 is 0 Å². The molecule has 1 aromatic heterocycles. The zero-order valence-electron chi connectivity index (χ0n) is 14.2. The van der Waals surface area contributed by atoms with Gasteiger partial charge in [0.1, 0.15) is 5.69 Å². The standard InChI is InChI=1S/C16H19N5O3.2ClH/c1-16(9-17)4-6-19(10-16)15(22)12-2-3-13(14(8-12)21(23)24)20-7-5-18-11-20;;/h2-3,5,7-8,11H,4,6,9-10,17H2,1H3;2*1H. The highest BCUT2D eigenvalue weighted by Gasteiger charge is 2.35. The Morgan fingerprint density at radius 3 is 2.69 bits per heavy atom. The highest BCUT2D eigenvalue weighted by atomic mass is 35.5. The number of benzene rings is 1. The predicted octanol–water partition coefficient (Wildman–Crippen LogP) is 2.44. The summed E-state index contributed by atoms with van der Waals surface area (Å²) in [6, 6.07) is 4.52. The van der Waals surface area contributed by atoms with Crippen molar-refractivity contribution in [3.8, 4) is 5.69 Å². The number of nitro benzene ring substituents is 1. The van der Waals surface area contributed by atoms with Crippen LogP contribution in [0.3, 0.4) is 0 Å². The minimum atomic E-state index is -0.486. The first-order valence-electron chi connectivity index (χ1n) is 7.70. The molecule has 0 radical (unpaired) electrons. The number of hydrogen-bond donors (Lipinski definition) is 1. The molecule has 1 aliphatic rings. The van der Waals surface area contributed by atoms with Crippen molar-refractivity contribution in [3.63, 3.8) is 0 Å². The van der Waals surface area contributed by atoms with Gasteiger partial charge in [-0.05, 0) is 30.5 Å². The van der Waals surface area contributed by atoms with E-state index in [1.54, 1.807) is 34.0 Å².